The van der Waals surface area contributed by atoms with Gasteiger partial charge in [-0.3, -0.25) is 9.69 Å². The summed E-state index contributed by atoms with van der Waals surface area (Å²) in [5.41, 5.74) is 2.85. The summed E-state index contributed by atoms with van der Waals surface area (Å²) in [6, 6.07) is 15.1. The van der Waals surface area contributed by atoms with Crippen molar-refractivity contribution < 1.29 is 9.21 Å². The zero-order valence-electron chi connectivity index (χ0n) is 16.2. The number of piperidine rings is 1. The molecule has 2 aromatic carbocycles. The van der Waals surface area contributed by atoms with E-state index in [2.05, 4.69) is 17.1 Å². The fourth-order valence-electron chi connectivity index (χ4n) is 3.97. The molecule has 0 bridgehead atoms. The van der Waals surface area contributed by atoms with Crippen molar-refractivity contribution >= 4 is 34.5 Å². The Morgan fingerprint density at radius 3 is 2.55 bits per heavy atom. The van der Waals surface area contributed by atoms with Gasteiger partial charge in [0.1, 0.15) is 11.9 Å². The second-order valence-corrected chi connectivity index (χ2v) is 7.97. The summed E-state index contributed by atoms with van der Waals surface area (Å²) in [5.74, 6) is 0. The summed E-state index contributed by atoms with van der Waals surface area (Å²) < 4.78 is 5.28. The Kier molecular flexibility index (Phi) is 5.69. The first kappa shape index (κ1) is 19.7. The quantitative estimate of drug-likeness (QED) is 0.479. The van der Waals surface area contributed by atoms with E-state index >= 15 is 0 Å². The van der Waals surface area contributed by atoms with Crippen LogP contribution in [-0.2, 0) is 0 Å². The van der Waals surface area contributed by atoms with Crippen LogP contribution in [0, 0.1) is 0 Å². The highest BCUT2D eigenvalue weighted by atomic mass is 35.5. The monoisotopic (exact) mass is 410 g/mol. The molecule has 1 aliphatic rings. The van der Waals surface area contributed by atoms with Gasteiger partial charge in [-0.1, -0.05) is 35.9 Å². The third kappa shape index (κ3) is 4.36. The third-order valence-corrected chi connectivity index (χ3v) is 5.93. The first-order valence-corrected chi connectivity index (χ1v) is 10.2. The molecule has 2 heterocycles. The minimum Gasteiger partial charge on any atom is -0.423 e. The zero-order chi connectivity index (χ0) is 20.4. The van der Waals surface area contributed by atoms with Gasteiger partial charge in [0.15, 0.2) is 0 Å². The van der Waals surface area contributed by atoms with E-state index in [-0.39, 0.29) is 11.7 Å². The van der Waals surface area contributed by atoms with E-state index in [1.807, 2.05) is 30.3 Å². The second-order valence-electron chi connectivity index (χ2n) is 7.53. The van der Waals surface area contributed by atoms with Crippen LogP contribution in [0.5, 0.6) is 0 Å². The van der Waals surface area contributed by atoms with Gasteiger partial charge in [0, 0.05) is 47.2 Å². The number of benzene rings is 2. The van der Waals surface area contributed by atoms with Crippen LogP contribution < -0.4 is 10.9 Å². The SMILES string of the molecule is CC(c1ccc(C=O)cc1)N1CCC(Nc2cc(=O)oc3ccc(Cl)cc23)CC1. The molecule has 4 rings (SSSR count). The molecule has 0 amide bonds. The Hall–Kier alpha value is -2.63. The molecule has 1 saturated heterocycles. The average molecular weight is 411 g/mol. The summed E-state index contributed by atoms with van der Waals surface area (Å²) in [6.45, 7) is 4.10. The van der Waals surface area contributed by atoms with Crippen molar-refractivity contribution in [2.45, 2.75) is 31.8 Å². The van der Waals surface area contributed by atoms with E-state index in [4.69, 9.17) is 16.0 Å². The predicted molar refractivity (Wildman–Crippen MR) is 116 cm³/mol. The molecule has 6 heteroatoms. The van der Waals surface area contributed by atoms with E-state index in [0.717, 1.165) is 43.3 Å². The van der Waals surface area contributed by atoms with Gasteiger partial charge in [-0.15, -0.1) is 0 Å². The summed E-state index contributed by atoms with van der Waals surface area (Å²) in [7, 11) is 0. The van der Waals surface area contributed by atoms with Gasteiger partial charge in [0.05, 0.1) is 5.69 Å². The molecule has 29 heavy (non-hydrogen) atoms. The fourth-order valence-corrected chi connectivity index (χ4v) is 4.14. The number of fused-ring (bicyclic) bond motifs is 1. The third-order valence-electron chi connectivity index (χ3n) is 5.70. The number of hydrogen-bond donors (Lipinski definition) is 1. The van der Waals surface area contributed by atoms with Gasteiger partial charge in [-0.2, -0.15) is 0 Å². The number of nitrogens with zero attached hydrogens (tertiary/aromatic N) is 1. The van der Waals surface area contributed by atoms with Crippen LogP contribution in [0.15, 0.2) is 57.7 Å². The second kappa shape index (κ2) is 8.39. The Morgan fingerprint density at radius 2 is 1.86 bits per heavy atom. The number of halogens is 1. The molecule has 150 valence electrons. The van der Waals surface area contributed by atoms with Crippen LogP contribution in [-0.4, -0.2) is 30.3 Å². The lowest BCUT2D eigenvalue weighted by Gasteiger charge is -2.37. The van der Waals surface area contributed by atoms with Crippen molar-refractivity contribution in [2.75, 3.05) is 18.4 Å². The summed E-state index contributed by atoms with van der Waals surface area (Å²) in [4.78, 5) is 25.2. The Labute approximate surface area is 174 Å². The van der Waals surface area contributed by atoms with E-state index in [1.54, 1.807) is 12.1 Å². The number of likely N-dealkylation sites (tertiary alicyclic amines) is 1. The molecule has 3 aromatic rings. The van der Waals surface area contributed by atoms with Crippen molar-refractivity contribution in [3.05, 3.63) is 75.1 Å². The van der Waals surface area contributed by atoms with Crippen LogP contribution in [0.3, 0.4) is 0 Å². The maximum atomic E-state index is 11.9. The van der Waals surface area contributed by atoms with Crippen LogP contribution in [0.1, 0.15) is 41.7 Å². The van der Waals surface area contributed by atoms with Crippen molar-refractivity contribution in [3.8, 4) is 0 Å². The fraction of sp³-hybridized carbons (Fsp3) is 0.304. The van der Waals surface area contributed by atoms with Crippen LogP contribution >= 0.6 is 11.6 Å². The lowest BCUT2D eigenvalue weighted by Crippen LogP contribution is -2.40. The minimum absolute atomic E-state index is 0.278. The van der Waals surface area contributed by atoms with Gasteiger partial charge in [-0.05, 0) is 43.5 Å². The molecule has 1 aliphatic heterocycles. The number of hydrogen-bond acceptors (Lipinski definition) is 5. The number of anilines is 1. The van der Waals surface area contributed by atoms with Gasteiger partial charge in [0.2, 0.25) is 0 Å². The van der Waals surface area contributed by atoms with Gasteiger partial charge in [0.25, 0.3) is 0 Å². The largest absolute Gasteiger partial charge is 0.423 e. The van der Waals surface area contributed by atoms with Crippen molar-refractivity contribution in [1.82, 2.24) is 4.90 Å². The van der Waals surface area contributed by atoms with Gasteiger partial charge in [-0.25, -0.2) is 4.79 Å². The zero-order valence-corrected chi connectivity index (χ0v) is 17.0. The number of nitrogens with one attached hydrogen (secondary N) is 1. The van der Waals surface area contributed by atoms with Gasteiger partial charge >= 0.3 is 5.63 Å². The maximum absolute atomic E-state index is 11.9. The van der Waals surface area contributed by atoms with E-state index in [9.17, 15) is 9.59 Å². The number of aldehydes is 1. The molecule has 0 radical (unpaired) electrons. The molecular weight excluding hydrogens is 388 g/mol. The Bertz CT molecular complexity index is 1070. The van der Waals surface area contributed by atoms with E-state index < -0.39 is 0 Å². The first-order valence-electron chi connectivity index (χ1n) is 9.82. The topological polar surface area (TPSA) is 62.6 Å². The molecule has 0 aliphatic carbocycles. The maximum Gasteiger partial charge on any atom is 0.338 e. The molecule has 1 fully saturated rings. The van der Waals surface area contributed by atoms with Crippen molar-refractivity contribution in [3.63, 3.8) is 0 Å². The summed E-state index contributed by atoms with van der Waals surface area (Å²) >= 11 is 6.13. The lowest BCUT2D eigenvalue weighted by atomic mass is 9.99. The van der Waals surface area contributed by atoms with Crippen LogP contribution in [0.2, 0.25) is 5.02 Å². The molecule has 0 spiro atoms. The average Bonchev–Trinajstić information content (AvgIpc) is 2.74. The van der Waals surface area contributed by atoms with Crippen molar-refractivity contribution in [2.24, 2.45) is 0 Å². The molecule has 0 saturated carbocycles. The molecule has 1 atom stereocenters. The number of rotatable bonds is 5. The smallest absolute Gasteiger partial charge is 0.338 e. The Morgan fingerprint density at radius 1 is 1.14 bits per heavy atom. The van der Waals surface area contributed by atoms with Gasteiger partial charge < -0.3 is 9.73 Å². The van der Waals surface area contributed by atoms with Crippen LogP contribution in [0.4, 0.5) is 5.69 Å². The number of carbonyl (C=O) groups is 1. The highest BCUT2D eigenvalue weighted by molar-refractivity contribution is 6.31. The summed E-state index contributed by atoms with van der Waals surface area (Å²) in [6.07, 6.45) is 2.81. The predicted octanol–water partition coefficient (Wildman–Crippen LogP) is 4.90. The van der Waals surface area contributed by atoms with Crippen molar-refractivity contribution in [1.29, 1.82) is 0 Å². The molecule has 1 aromatic heterocycles. The first-order chi connectivity index (χ1) is 14.0. The molecule has 1 unspecified atom stereocenters. The molecule has 5 nitrogen and oxygen atoms in total. The molecule has 1 N–H and O–H groups in total. The minimum atomic E-state index is -0.368. The molecular formula is C23H23ClN2O3. The summed E-state index contributed by atoms with van der Waals surface area (Å²) in [5, 5.41) is 4.95. The van der Waals surface area contributed by atoms with Crippen LogP contribution in [0.25, 0.3) is 11.0 Å². The Balaban J connectivity index is 1.44. The lowest BCUT2D eigenvalue weighted by molar-refractivity contribution is 0.112. The van der Waals surface area contributed by atoms with E-state index in [0.29, 0.717) is 22.2 Å². The highest BCUT2D eigenvalue weighted by Crippen LogP contribution is 2.29. The standard InChI is InChI=1S/C23H23ClN2O3/c1-15(17-4-2-16(14-27)3-5-17)26-10-8-19(9-11-26)25-21-13-23(28)29-22-7-6-18(24)12-20(21)22/h2-7,12-15,19,25H,8-11H2,1H3. The highest BCUT2D eigenvalue weighted by Gasteiger charge is 2.24. The number of carbonyl (C=O) groups excluding carboxylic acids is 1. The normalized spacial score (nSPS) is 16.6. The van der Waals surface area contributed by atoms with E-state index in [1.165, 1.54) is 11.6 Å².